The Morgan fingerprint density at radius 1 is 0.349 bits per heavy atom. The van der Waals surface area contributed by atoms with Gasteiger partial charge in [0.2, 0.25) is 0 Å². The van der Waals surface area contributed by atoms with Crippen LogP contribution < -0.4 is 0 Å². The van der Waals surface area contributed by atoms with E-state index in [1.165, 1.54) is 47.5 Å². The second kappa shape index (κ2) is 14.2. The van der Waals surface area contributed by atoms with Crippen LogP contribution in [-0.4, -0.2) is 19.5 Å². The SMILES string of the molecule is c1ccc(-c2cccc(-c3nc(-c4ccccc4)nc(-c4cccc5oc6ccc(-c7cccc8sc9ccc(-n%10c%11ccccc%11c%11ccccc%11%10)cc9c78)cc6c45)n3)c2)cc1. The average Bonchev–Trinajstić information content (AvgIpc) is 4.03. The van der Waals surface area contributed by atoms with Crippen molar-refractivity contribution in [1.82, 2.24) is 19.5 Å². The van der Waals surface area contributed by atoms with E-state index in [9.17, 15) is 0 Å². The van der Waals surface area contributed by atoms with Gasteiger partial charge in [-0.2, -0.15) is 0 Å². The van der Waals surface area contributed by atoms with Crippen molar-refractivity contribution < 1.29 is 4.42 Å². The Morgan fingerprint density at radius 3 is 1.78 bits per heavy atom. The number of rotatable bonds is 6. The molecule has 5 nitrogen and oxygen atoms in total. The molecule has 4 heterocycles. The largest absolute Gasteiger partial charge is 0.456 e. The molecule has 63 heavy (non-hydrogen) atoms. The van der Waals surface area contributed by atoms with E-state index in [2.05, 4.69) is 162 Å². The molecule has 294 valence electrons. The third-order valence-corrected chi connectivity index (χ3v) is 13.4. The number of para-hydroxylation sites is 2. The Labute approximate surface area is 365 Å². The lowest BCUT2D eigenvalue weighted by Crippen LogP contribution is -2.00. The highest BCUT2D eigenvalue weighted by molar-refractivity contribution is 7.26. The molecule has 0 unspecified atom stereocenters. The van der Waals surface area contributed by atoms with Crippen molar-refractivity contribution in [1.29, 1.82) is 0 Å². The maximum Gasteiger partial charge on any atom is 0.164 e. The normalized spacial score (nSPS) is 11.8. The summed E-state index contributed by atoms with van der Waals surface area (Å²) in [6, 6.07) is 72.7. The zero-order valence-electron chi connectivity index (χ0n) is 33.7. The van der Waals surface area contributed by atoms with Crippen molar-refractivity contribution in [2.24, 2.45) is 0 Å². The first-order valence-electron chi connectivity index (χ1n) is 21.1. The van der Waals surface area contributed by atoms with Crippen LogP contribution >= 0.6 is 11.3 Å². The predicted octanol–water partition coefficient (Wildman–Crippen LogP) is 15.6. The van der Waals surface area contributed by atoms with E-state index in [0.29, 0.717) is 17.5 Å². The first-order chi connectivity index (χ1) is 31.2. The molecule has 0 fully saturated rings. The summed E-state index contributed by atoms with van der Waals surface area (Å²) in [5.41, 5.74) is 12.4. The molecule has 0 spiro atoms. The smallest absolute Gasteiger partial charge is 0.164 e. The number of furan rings is 1. The van der Waals surface area contributed by atoms with Crippen molar-refractivity contribution in [3.05, 3.63) is 206 Å². The molecule has 13 aromatic rings. The second-order valence-electron chi connectivity index (χ2n) is 15.9. The maximum absolute atomic E-state index is 6.60. The van der Waals surface area contributed by atoms with Gasteiger partial charge in [-0.25, -0.2) is 15.0 Å². The van der Waals surface area contributed by atoms with Gasteiger partial charge in [-0.05, 0) is 82.9 Å². The van der Waals surface area contributed by atoms with E-state index in [-0.39, 0.29) is 0 Å². The fraction of sp³-hybridized carbons (Fsp3) is 0. The molecule has 0 aliphatic carbocycles. The summed E-state index contributed by atoms with van der Waals surface area (Å²) >= 11 is 1.84. The van der Waals surface area contributed by atoms with Crippen molar-refractivity contribution in [2.75, 3.05) is 0 Å². The maximum atomic E-state index is 6.60. The predicted molar refractivity (Wildman–Crippen MR) is 262 cm³/mol. The van der Waals surface area contributed by atoms with Crippen LogP contribution in [0.1, 0.15) is 0 Å². The van der Waals surface area contributed by atoms with Crippen molar-refractivity contribution in [2.45, 2.75) is 0 Å². The van der Waals surface area contributed by atoms with Gasteiger partial charge < -0.3 is 8.98 Å². The lowest BCUT2D eigenvalue weighted by Gasteiger charge is -2.10. The molecule has 0 bridgehead atoms. The summed E-state index contributed by atoms with van der Waals surface area (Å²) in [6.07, 6.45) is 0. The van der Waals surface area contributed by atoms with Gasteiger partial charge in [0.05, 0.1) is 11.0 Å². The Kier molecular flexibility index (Phi) is 8.01. The molecule has 9 aromatic carbocycles. The molecule has 4 aromatic heterocycles. The van der Waals surface area contributed by atoms with Gasteiger partial charge in [0.15, 0.2) is 17.5 Å². The van der Waals surface area contributed by atoms with Gasteiger partial charge in [-0.3, -0.25) is 0 Å². The summed E-state index contributed by atoms with van der Waals surface area (Å²) in [5, 5.41) is 6.98. The number of nitrogens with zero attached hydrogens (tertiary/aromatic N) is 4. The third kappa shape index (κ3) is 5.80. The highest BCUT2D eigenvalue weighted by Crippen LogP contribution is 2.44. The molecular formula is C57H34N4OS. The highest BCUT2D eigenvalue weighted by Gasteiger charge is 2.20. The molecule has 0 aliphatic heterocycles. The fourth-order valence-electron chi connectivity index (χ4n) is 9.39. The zero-order valence-corrected chi connectivity index (χ0v) is 34.6. The molecule has 13 rings (SSSR count). The Hall–Kier alpha value is -8.19. The molecule has 0 aliphatic rings. The number of thiophene rings is 1. The molecule has 0 amide bonds. The summed E-state index contributed by atoms with van der Waals surface area (Å²) in [6.45, 7) is 0. The van der Waals surface area contributed by atoms with Gasteiger partial charge in [0.25, 0.3) is 0 Å². The first kappa shape index (κ1) is 35.6. The number of hydrogen-bond acceptors (Lipinski definition) is 5. The summed E-state index contributed by atoms with van der Waals surface area (Å²) in [5.74, 6) is 1.81. The van der Waals surface area contributed by atoms with Gasteiger partial charge in [-0.15, -0.1) is 11.3 Å². The Morgan fingerprint density at radius 2 is 0.984 bits per heavy atom. The van der Waals surface area contributed by atoms with E-state index >= 15 is 0 Å². The number of hydrogen-bond donors (Lipinski definition) is 0. The van der Waals surface area contributed by atoms with Crippen LogP contribution in [-0.2, 0) is 0 Å². The average molecular weight is 823 g/mol. The van der Waals surface area contributed by atoms with Crippen LogP contribution in [0.4, 0.5) is 0 Å². The van der Waals surface area contributed by atoms with E-state index < -0.39 is 0 Å². The molecule has 0 N–H and O–H groups in total. The van der Waals surface area contributed by atoms with Gasteiger partial charge in [-0.1, -0.05) is 146 Å². The second-order valence-corrected chi connectivity index (χ2v) is 17.0. The highest BCUT2D eigenvalue weighted by atomic mass is 32.1. The van der Waals surface area contributed by atoms with Crippen molar-refractivity contribution in [3.63, 3.8) is 0 Å². The fourth-order valence-corrected chi connectivity index (χ4v) is 10.5. The van der Waals surface area contributed by atoms with Crippen molar-refractivity contribution in [3.8, 4) is 62.1 Å². The lowest BCUT2D eigenvalue weighted by molar-refractivity contribution is 0.669. The third-order valence-electron chi connectivity index (χ3n) is 12.3. The van der Waals surface area contributed by atoms with E-state index in [0.717, 1.165) is 61.0 Å². The van der Waals surface area contributed by atoms with Crippen LogP contribution in [0.2, 0.25) is 0 Å². The minimum Gasteiger partial charge on any atom is -0.456 e. The minimum absolute atomic E-state index is 0.589. The van der Waals surface area contributed by atoms with Crippen molar-refractivity contribution >= 4 is 75.3 Å². The van der Waals surface area contributed by atoms with Crippen LogP contribution in [0.3, 0.4) is 0 Å². The van der Waals surface area contributed by atoms with E-state index in [1.54, 1.807) is 0 Å². The summed E-state index contributed by atoms with van der Waals surface area (Å²) in [7, 11) is 0. The standard InChI is InChI=1S/C57H34N4OS/c1-3-14-35(15-4-1)37-18-11-19-39(32-37)56-58-55(36-16-5-2-6-17-36)59-57(60-56)44-23-12-26-50-53(44)45-33-38(28-30-49(45)62-50)41-22-13-27-52-54(41)46-34-40(29-31-51(46)63-52)61-47-24-9-7-20-42(47)43-21-8-10-25-48(43)61/h1-34H. The first-order valence-corrected chi connectivity index (χ1v) is 21.9. The Bertz CT molecular complexity index is 3870. The summed E-state index contributed by atoms with van der Waals surface area (Å²) < 4.78 is 11.5. The lowest BCUT2D eigenvalue weighted by atomic mass is 9.97. The number of fused-ring (bicyclic) bond motifs is 9. The topological polar surface area (TPSA) is 56.7 Å². The monoisotopic (exact) mass is 822 g/mol. The van der Waals surface area contributed by atoms with Crippen LogP contribution in [0.5, 0.6) is 0 Å². The number of benzene rings is 9. The van der Waals surface area contributed by atoms with Gasteiger partial charge in [0.1, 0.15) is 11.2 Å². The van der Waals surface area contributed by atoms with Crippen LogP contribution in [0.15, 0.2) is 211 Å². The van der Waals surface area contributed by atoms with Gasteiger partial charge in [0, 0.05) is 64.1 Å². The molecule has 0 atom stereocenters. The minimum atomic E-state index is 0.589. The molecule has 6 heteroatoms. The molecule has 0 saturated carbocycles. The number of aromatic nitrogens is 4. The van der Waals surface area contributed by atoms with Crippen LogP contribution in [0.25, 0.3) is 126 Å². The molecular weight excluding hydrogens is 789 g/mol. The van der Waals surface area contributed by atoms with Crippen LogP contribution in [0, 0.1) is 0 Å². The zero-order chi connectivity index (χ0) is 41.4. The Balaban J connectivity index is 0.990. The van der Waals surface area contributed by atoms with E-state index in [1.807, 2.05) is 59.9 Å². The summed E-state index contributed by atoms with van der Waals surface area (Å²) in [4.78, 5) is 15.5. The molecule has 0 radical (unpaired) electrons. The molecule has 0 saturated heterocycles. The quantitative estimate of drug-likeness (QED) is 0.168. The van der Waals surface area contributed by atoms with E-state index in [4.69, 9.17) is 19.4 Å². The van der Waals surface area contributed by atoms with Gasteiger partial charge >= 0.3 is 0 Å².